The summed E-state index contributed by atoms with van der Waals surface area (Å²) in [5.74, 6) is -2.44. The van der Waals surface area contributed by atoms with Gasteiger partial charge in [-0.15, -0.1) is 0 Å². The SMILES string of the molecule is C[C@H]1C(=O)N[C@@H](Cc2ccccc2)C(=O)NCCN(C(=O)c2ccc[nH]2)CC(=O)N[C@@H](Cc2c[nH]c3ccccc23)C(=O)N1C. The Hall–Kier alpha value is -5.39. The second-order valence-electron chi connectivity index (χ2n) is 11.2. The van der Waals surface area contributed by atoms with Crippen LogP contribution < -0.4 is 16.0 Å². The average molecular weight is 612 g/mol. The van der Waals surface area contributed by atoms with Crippen LogP contribution in [0.3, 0.4) is 0 Å². The van der Waals surface area contributed by atoms with Gasteiger partial charge in [-0.25, -0.2) is 0 Å². The third-order valence-corrected chi connectivity index (χ3v) is 8.09. The molecule has 1 aliphatic rings. The number of aromatic amines is 2. The van der Waals surface area contributed by atoms with Crippen LogP contribution in [0.5, 0.6) is 0 Å². The number of amides is 5. The molecule has 3 atom stereocenters. The summed E-state index contributed by atoms with van der Waals surface area (Å²) in [4.78, 5) is 76.2. The van der Waals surface area contributed by atoms with E-state index in [9.17, 15) is 24.0 Å². The van der Waals surface area contributed by atoms with Crippen molar-refractivity contribution in [3.8, 4) is 0 Å². The van der Waals surface area contributed by atoms with E-state index < -0.39 is 47.7 Å². The molecule has 0 radical (unpaired) electrons. The Morgan fingerprint density at radius 1 is 0.844 bits per heavy atom. The van der Waals surface area contributed by atoms with E-state index in [2.05, 4.69) is 25.9 Å². The fraction of sp³-hybridized carbons (Fsp3) is 0.303. The van der Waals surface area contributed by atoms with Gasteiger partial charge >= 0.3 is 0 Å². The van der Waals surface area contributed by atoms with Gasteiger partial charge in [-0.3, -0.25) is 24.0 Å². The first kappa shape index (κ1) is 31.0. The second kappa shape index (κ2) is 13.9. The molecule has 2 aromatic carbocycles. The van der Waals surface area contributed by atoms with Gasteiger partial charge < -0.3 is 35.7 Å². The molecule has 5 rings (SSSR count). The quantitative estimate of drug-likeness (QED) is 0.230. The van der Waals surface area contributed by atoms with Crippen LogP contribution in [0.4, 0.5) is 0 Å². The van der Waals surface area contributed by atoms with Crippen molar-refractivity contribution in [2.24, 2.45) is 0 Å². The topological polar surface area (TPSA) is 160 Å². The number of aromatic nitrogens is 2. The van der Waals surface area contributed by atoms with E-state index in [4.69, 9.17) is 0 Å². The number of rotatable bonds is 5. The zero-order valence-corrected chi connectivity index (χ0v) is 25.2. The first-order valence-electron chi connectivity index (χ1n) is 14.9. The van der Waals surface area contributed by atoms with Gasteiger partial charge in [0.1, 0.15) is 23.8 Å². The summed E-state index contributed by atoms with van der Waals surface area (Å²) in [5, 5.41) is 9.34. The van der Waals surface area contributed by atoms with Crippen LogP contribution >= 0.6 is 0 Å². The molecule has 0 bridgehead atoms. The maximum atomic E-state index is 13.9. The molecule has 2 aromatic heterocycles. The number of H-pyrrole nitrogens is 2. The van der Waals surface area contributed by atoms with Crippen molar-refractivity contribution in [1.29, 1.82) is 0 Å². The molecule has 12 nitrogen and oxygen atoms in total. The monoisotopic (exact) mass is 611 g/mol. The van der Waals surface area contributed by atoms with Gasteiger partial charge in [0, 0.05) is 56.3 Å². The zero-order valence-electron chi connectivity index (χ0n) is 25.2. The Kier molecular flexibility index (Phi) is 9.61. The van der Waals surface area contributed by atoms with E-state index in [1.165, 1.54) is 16.8 Å². The van der Waals surface area contributed by atoms with Gasteiger partial charge in [0.25, 0.3) is 5.91 Å². The van der Waals surface area contributed by atoms with E-state index in [1.54, 1.807) is 31.5 Å². The van der Waals surface area contributed by atoms with E-state index >= 15 is 0 Å². The lowest BCUT2D eigenvalue weighted by Gasteiger charge is -2.30. The highest BCUT2D eigenvalue weighted by atomic mass is 16.2. The summed E-state index contributed by atoms with van der Waals surface area (Å²) in [7, 11) is 1.49. The number of carbonyl (C=O) groups is 5. The van der Waals surface area contributed by atoms with E-state index in [-0.39, 0.29) is 38.2 Å². The molecular formula is C33H37N7O5. The van der Waals surface area contributed by atoms with Crippen LogP contribution in [-0.2, 0) is 32.0 Å². The van der Waals surface area contributed by atoms with Crippen molar-refractivity contribution >= 4 is 40.4 Å². The lowest BCUT2D eigenvalue weighted by atomic mass is 10.0. The minimum absolute atomic E-state index is 0.0143. The number of benzene rings is 2. The van der Waals surface area contributed by atoms with Crippen LogP contribution in [0.15, 0.2) is 79.1 Å². The Balaban J connectivity index is 1.46. The number of hydrogen-bond acceptors (Lipinski definition) is 5. The van der Waals surface area contributed by atoms with Crippen molar-refractivity contribution in [1.82, 2.24) is 35.7 Å². The van der Waals surface area contributed by atoms with Gasteiger partial charge in [0.2, 0.25) is 23.6 Å². The summed E-state index contributed by atoms with van der Waals surface area (Å²) < 4.78 is 0. The van der Waals surface area contributed by atoms with Crippen LogP contribution in [0.1, 0.15) is 28.5 Å². The molecule has 45 heavy (non-hydrogen) atoms. The molecule has 1 saturated heterocycles. The number of nitrogens with zero attached hydrogens (tertiary/aromatic N) is 2. The van der Waals surface area contributed by atoms with Crippen molar-refractivity contribution in [3.63, 3.8) is 0 Å². The predicted molar refractivity (Wildman–Crippen MR) is 168 cm³/mol. The summed E-state index contributed by atoms with van der Waals surface area (Å²) in [6.45, 7) is 1.27. The molecule has 4 aromatic rings. The number of likely N-dealkylation sites (N-methyl/N-ethyl adjacent to an activating group) is 1. The lowest BCUT2D eigenvalue weighted by Crippen LogP contribution is -2.57. The summed E-state index contributed by atoms with van der Waals surface area (Å²) >= 11 is 0. The minimum atomic E-state index is -1.04. The number of hydrogen-bond donors (Lipinski definition) is 5. The number of nitrogens with one attached hydrogen (secondary N) is 5. The highest BCUT2D eigenvalue weighted by Gasteiger charge is 2.33. The van der Waals surface area contributed by atoms with Crippen LogP contribution in [0.2, 0.25) is 0 Å². The number of para-hydroxylation sites is 1. The molecule has 0 spiro atoms. The van der Waals surface area contributed by atoms with Gasteiger partial charge in [-0.1, -0.05) is 48.5 Å². The largest absolute Gasteiger partial charge is 0.361 e. The molecule has 3 heterocycles. The fourth-order valence-corrected chi connectivity index (χ4v) is 5.42. The number of fused-ring (bicyclic) bond motifs is 1. The van der Waals surface area contributed by atoms with E-state index in [1.807, 2.05) is 54.6 Å². The van der Waals surface area contributed by atoms with E-state index in [0.717, 1.165) is 22.0 Å². The van der Waals surface area contributed by atoms with Crippen molar-refractivity contribution in [2.45, 2.75) is 37.9 Å². The maximum Gasteiger partial charge on any atom is 0.270 e. The predicted octanol–water partition coefficient (Wildman–Crippen LogP) is 1.37. The molecule has 12 heteroatoms. The molecule has 0 aliphatic carbocycles. The molecule has 5 amide bonds. The molecule has 234 valence electrons. The molecule has 0 unspecified atom stereocenters. The third-order valence-electron chi connectivity index (χ3n) is 8.09. The highest BCUT2D eigenvalue weighted by molar-refractivity contribution is 5.97. The Bertz CT molecular complexity index is 1670. The Morgan fingerprint density at radius 2 is 1.60 bits per heavy atom. The molecular weight excluding hydrogens is 574 g/mol. The first-order valence-corrected chi connectivity index (χ1v) is 14.9. The van der Waals surface area contributed by atoms with Crippen LogP contribution in [0, 0.1) is 0 Å². The van der Waals surface area contributed by atoms with Gasteiger partial charge in [0.15, 0.2) is 0 Å². The molecule has 1 fully saturated rings. The molecule has 5 N–H and O–H groups in total. The summed E-state index contributed by atoms with van der Waals surface area (Å²) in [5.41, 5.74) is 2.81. The number of carbonyl (C=O) groups excluding carboxylic acids is 5. The second-order valence-corrected chi connectivity index (χ2v) is 11.2. The smallest absolute Gasteiger partial charge is 0.270 e. The van der Waals surface area contributed by atoms with Gasteiger partial charge in [-0.2, -0.15) is 0 Å². The van der Waals surface area contributed by atoms with Crippen LogP contribution in [0.25, 0.3) is 10.9 Å². The summed E-state index contributed by atoms with van der Waals surface area (Å²) in [6.07, 6.45) is 3.76. The average Bonchev–Trinajstić information content (AvgIpc) is 3.73. The highest BCUT2D eigenvalue weighted by Crippen LogP contribution is 2.20. The lowest BCUT2D eigenvalue weighted by molar-refractivity contribution is -0.142. The summed E-state index contributed by atoms with van der Waals surface area (Å²) in [6, 6.07) is 17.2. The normalized spacial score (nSPS) is 20.6. The van der Waals surface area contributed by atoms with Crippen molar-refractivity contribution in [3.05, 3.63) is 95.9 Å². The zero-order chi connectivity index (χ0) is 31.9. The van der Waals surface area contributed by atoms with Gasteiger partial charge in [-0.05, 0) is 36.2 Å². The minimum Gasteiger partial charge on any atom is -0.361 e. The Morgan fingerprint density at radius 3 is 2.36 bits per heavy atom. The van der Waals surface area contributed by atoms with Crippen LogP contribution in [-0.4, -0.2) is 94.1 Å². The van der Waals surface area contributed by atoms with Crippen molar-refractivity contribution < 1.29 is 24.0 Å². The molecule has 1 aliphatic heterocycles. The first-order chi connectivity index (χ1) is 21.7. The fourth-order valence-electron chi connectivity index (χ4n) is 5.42. The Labute approximate surface area is 260 Å². The maximum absolute atomic E-state index is 13.9. The van der Waals surface area contributed by atoms with E-state index in [0.29, 0.717) is 0 Å². The van der Waals surface area contributed by atoms with Crippen molar-refractivity contribution in [2.75, 3.05) is 26.7 Å². The standard InChI is InChI=1S/C33H37N7O5/c1-21-30(42)38-27(17-22-9-4-3-5-10-22)31(43)35-15-16-40(33(45)26-13-8-14-34-26)20-29(41)37-28(32(44)39(21)2)18-23-19-36-25-12-7-6-11-24(23)25/h3-14,19,21,27-28,34,36H,15-18,20H2,1-2H3,(H,35,43)(H,37,41)(H,38,42)/t21-,27-,28-/m0/s1. The third kappa shape index (κ3) is 7.40. The van der Waals surface area contributed by atoms with Gasteiger partial charge in [0.05, 0.1) is 6.54 Å². The molecule has 0 saturated carbocycles.